The van der Waals surface area contributed by atoms with Gasteiger partial charge < -0.3 is 5.21 Å². The van der Waals surface area contributed by atoms with Crippen LogP contribution in [0.3, 0.4) is 0 Å². The minimum atomic E-state index is -0.442. The van der Waals surface area contributed by atoms with Crippen LogP contribution in [0.4, 0.5) is 0 Å². The summed E-state index contributed by atoms with van der Waals surface area (Å²) >= 11 is 0. The van der Waals surface area contributed by atoms with Crippen LogP contribution in [-0.4, -0.2) is 19.2 Å². The van der Waals surface area contributed by atoms with Crippen LogP contribution in [0, 0.1) is 10.1 Å². The van der Waals surface area contributed by atoms with Crippen LogP contribution in [0.2, 0.25) is 0 Å². The molecule has 0 spiro atoms. The molecule has 0 amide bonds. The third-order valence-electron chi connectivity index (χ3n) is 2.04. The number of nitroso groups, excluding NO2 is 1. The van der Waals surface area contributed by atoms with E-state index in [1.165, 1.54) is 7.11 Å². The van der Waals surface area contributed by atoms with Gasteiger partial charge in [-0.05, 0) is 6.42 Å². The summed E-state index contributed by atoms with van der Waals surface area (Å²) in [6.07, 6.45) is 4.85. The Balaban J connectivity index is 2.60. The molecule has 68 valence electrons. The van der Waals surface area contributed by atoms with Crippen molar-refractivity contribution >= 4 is 0 Å². The van der Waals surface area contributed by atoms with Gasteiger partial charge in [-0.2, -0.15) is 4.91 Å². The van der Waals surface area contributed by atoms with Crippen molar-refractivity contribution in [2.75, 3.05) is 7.11 Å². The van der Waals surface area contributed by atoms with E-state index in [1.54, 1.807) is 0 Å². The summed E-state index contributed by atoms with van der Waals surface area (Å²) in [5.41, 5.74) is 0. The highest BCUT2D eigenvalue weighted by Gasteiger charge is 2.29. The largest absolute Gasteiger partial charge is 0.600 e. The Bertz CT molecular complexity index is 183. The number of rotatable bonds is 3. The van der Waals surface area contributed by atoms with Crippen LogP contribution in [0.5, 0.6) is 0 Å². The second kappa shape index (κ2) is 4.30. The molecular formula is C7H12N2O3. The molecule has 12 heavy (non-hydrogen) atoms. The highest BCUT2D eigenvalue weighted by molar-refractivity contribution is 4.97. The molecule has 3 unspecified atom stereocenters. The van der Waals surface area contributed by atoms with Gasteiger partial charge in [0.1, 0.15) is 6.04 Å². The number of quaternary nitrogens is 1. The van der Waals surface area contributed by atoms with Gasteiger partial charge in [0, 0.05) is 6.42 Å². The minimum absolute atomic E-state index is 0.344. The zero-order chi connectivity index (χ0) is 8.97. The summed E-state index contributed by atoms with van der Waals surface area (Å²) in [5, 5.41) is 13.6. The van der Waals surface area contributed by atoms with Crippen molar-refractivity contribution in [2.24, 2.45) is 5.18 Å². The predicted molar refractivity (Wildman–Crippen MR) is 43.1 cm³/mol. The summed E-state index contributed by atoms with van der Waals surface area (Å²) in [6.45, 7) is 0. The standard InChI is InChI=1S/C7H12N2O3/c1-12-9(11)7-5-3-2-4-6(7)8-10/h2-3,6-7,9H,4-5H2,1H3. The van der Waals surface area contributed by atoms with Crippen LogP contribution >= 0.6 is 0 Å². The van der Waals surface area contributed by atoms with Gasteiger partial charge in [0.2, 0.25) is 0 Å². The van der Waals surface area contributed by atoms with Crippen molar-refractivity contribution in [1.29, 1.82) is 0 Å². The van der Waals surface area contributed by atoms with E-state index < -0.39 is 6.04 Å². The molecule has 0 aromatic heterocycles. The fourth-order valence-corrected chi connectivity index (χ4v) is 1.32. The van der Waals surface area contributed by atoms with Crippen LogP contribution in [0.25, 0.3) is 0 Å². The fraction of sp³-hybridized carbons (Fsp3) is 0.714. The first kappa shape index (κ1) is 9.31. The van der Waals surface area contributed by atoms with Crippen molar-refractivity contribution in [2.45, 2.75) is 24.9 Å². The first-order valence-corrected chi connectivity index (χ1v) is 3.85. The van der Waals surface area contributed by atoms with E-state index in [-0.39, 0.29) is 11.3 Å². The maximum absolute atomic E-state index is 11.1. The Kier molecular flexibility index (Phi) is 3.33. The quantitative estimate of drug-likeness (QED) is 0.363. The van der Waals surface area contributed by atoms with Crippen molar-refractivity contribution in [3.63, 3.8) is 0 Å². The Hall–Kier alpha value is -0.780. The molecule has 0 radical (unpaired) electrons. The van der Waals surface area contributed by atoms with Crippen LogP contribution in [0.15, 0.2) is 17.3 Å². The van der Waals surface area contributed by atoms with E-state index in [0.29, 0.717) is 12.8 Å². The molecule has 5 heteroatoms. The van der Waals surface area contributed by atoms with Crippen LogP contribution in [0.1, 0.15) is 12.8 Å². The highest BCUT2D eigenvalue weighted by Crippen LogP contribution is 2.12. The maximum atomic E-state index is 11.1. The van der Waals surface area contributed by atoms with E-state index in [4.69, 9.17) is 0 Å². The molecule has 0 bridgehead atoms. The summed E-state index contributed by atoms with van der Waals surface area (Å²) in [7, 11) is 1.32. The average molecular weight is 172 g/mol. The molecule has 0 aromatic rings. The zero-order valence-corrected chi connectivity index (χ0v) is 6.90. The summed E-state index contributed by atoms with van der Waals surface area (Å²) in [4.78, 5) is 14.8. The maximum Gasteiger partial charge on any atom is 0.150 e. The van der Waals surface area contributed by atoms with Gasteiger partial charge in [-0.25, -0.2) is 10.1 Å². The van der Waals surface area contributed by atoms with E-state index >= 15 is 0 Å². The Morgan fingerprint density at radius 2 is 2.25 bits per heavy atom. The smallest absolute Gasteiger partial charge is 0.150 e. The molecule has 0 heterocycles. The second-order valence-electron chi connectivity index (χ2n) is 2.75. The molecule has 1 N–H and O–H groups in total. The average Bonchev–Trinajstić information content (AvgIpc) is 2.16. The third kappa shape index (κ3) is 1.88. The lowest BCUT2D eigenvalue weighted by atomic mass is 9.97. The van der Waals surface area contributed by atoms with E-state index in [1.807, 2.05) is 12.2 Å². The highest BCUT2D eigenvalue weighted by atomic mass is 16.9. The lowest BCUT2D eigenvalue weighted by molar-refractivity contribution is -1.07. The fourth-order valence-electron chi connectivity index (χ4n) is 1.32. The van der Waals surface area contributed by atoms with Gasteiger partial charge >= 0.3 is 0 Å². The lowest BCUT2D eigenvalue weighted by Crippen LogP contribution is -3.11. The van der Waals surface area contributed by atoms with Gasteiger partial charge in [0.15, 0.2) is 6.04 Å². The van der Waals surface area contributed by atoms with Crippen LogP contribution in [-0.2, 0) is 4.84 Å². The van der Waals surface area contributed by atoms with Gasteiger partial charge in [-0.3, -0.25) is 0 Å². The Morgan fingerprint density at radius 3 is 2.83 bits per heavy atom. The zero-order valence-electron chi connectivity index (χ0n) is 6.90. The first-order chi connectivity index (χ1) is 5.79. The Morgan fingerprint density at radius 1 is 1.58 bits per heavy atom. The van der Waals surface area contributed by atoms with E-state index in [2.05, 4.69) is 10.0 Å². The normalized spacial score (nSPS) is 31.5. The number of nitrogens with zero attached hydrogens (tertiary/aromatic N) is 1. The van der Waals surface area contributed by atoms with E-state index in [0.717, 1.165) is 0 Å². The van der Waals surface area contributed by atoms with Crippen molar-refractivity contribution in [3.8, 4) is 0 Å². The molecule has 1 aliphatic rings. The van der Waals surface area contributed by atoms with Crippen LogP contribution < -0.4 is 5.23 Å². The topological polar surface area (TPSA) is 66.2 Å². The monoisotopic (exact) mass is 172 g/mol. The molecular weight excluding hydrogens is 160 g/mol. The van der Waals surface area contributed by atoms with Crippen molar-refractivity contribution in [1.82, 2.24) is 0 Å². The summed E-state index contributed by atoms with van der Waals surface area (Å²) in [6, 6.07) is -0.819. The molecule has 0 saturated carbocycles. The number of hydroxylamine groups is 2. The van der Waals surface area contributed by atoms with Gasteiger partial charge in [0.05, 0.1) is 7.11 Å². The SMILES string of the molecule is CO[NH+]([O-])C1CC=CCC1N=O. The number of hydrogen-bond acceptors (Lipinski definition) is 4. The predicted octanol–water partition coefficient (Wildman–Crippen LogP) is -0.216. The third-order valence-corrected chi connectivity index (χ3v) is 2.04. The molecule has 0 aliphatic heterocycles. The number of hydrogen-bond donors (Lipinski definition) is 1. The molecule has 3 atom stereocenters. The molecule has 1 rings (SSSR count). The first-order valence-electron chi connectivity index (χ1n) is 3.85. The molecule has 0 saturated heterocycles. The number of nitrogens with one attached hydrogen (secondary N) is 1. The molecule has 5 nitrogen and oxygen atoms in total. The van der Waals surface area contributed by atoms with Gasteiger partial charge in [-0.1, -0.05) is 17.3 Å². The van der Waals surface area contributed by atoms with Crippen molar-refractivity contribution in [3.05, 3.63) is 22.3 Å². The molecule has 0 aromatic carbocycles. The minimum Gasteiger partial charge on any atom is -0.600 e. The van der Waals surface area contributed by atoms with Gasteiger partial charge in [-0.15, -0.1) is 0 Å². The second-order valence-corrected chi connectivity index (χ2v) is 2.75. The molecule has 1 aliphatic carbocycles. The van der Waals surface area contributed by atoms with Crippen molar-refractivity contribution < 1.29 is 10.1 Å². The van der Waals surface area contributed by atoms with E-state index in [9.17, 15) is 10.1 Å². The van der Waals surface area contributed by atoms with Gasteiger partial charge in [0.25, 0.3) is 0 Å². The summed E-state index contributed by atoms with van der Waals surface area (Å²) in [5.74, 6) is 0. The Labute approximate surface area is 70.5 Å². The molecule has 0 fully saturated rings. The lowest BCUT2D eigenvalue weighted by Gasteiger charge is -2.30. The summed E-state index contributed by atoms with van der Waals surface area (Å²) < 4.78 is 0.